The molecule has 0 aliphatic heterocycles. The first kappa shape index (κ1) is 27.6. The average molecular weight is 527 g/mol. The lowest BCUT2D eigenvalue weighted by molar-refractivity contribution is -0.143. The van der Waals surface area contributed by atoms with Crippen LogP contribution in [0.15, 0.2) is 72.8 Å². The molecule has 3 aromatic carbocycles. The highest BCUT2D eigenvalue weighted by Gasteiger charge is 2.31. The normalized spacial score (nSPS) is 12.5. The molecule has 0 saturated carbocycles. The van der Waals surface area contributed by atoms with Gasteiger partial charge in [0.25, 0.3) is 5.91 Å². The Hall–Kier alpha value is -3.02. The van der Waals surface area contributed by atoms with Crippen LogP contribution in [0.25, 0.3) is 0 Å². The molecule has 0 unspecified atom stereocenters. The Kier molecular flexibility index (Phi) is 10.2. The van der Waals surface area contributed by atoms with E-state index in [-0.39, 0.29) is 31.0 Å². The summed E-state index contributed by atoms with van der Waals surface area (Å²) in [6, 6.07) is 21.5. The molecule has 1 N–H and O–H groups in total. The molecular formula is C29H32Cl2N2O3. The Morgan fingerprint density at radius 3 is 2.36 bits per heavy atom. The van der Waals surface area contributed by atoms with Crippen molar-refractivity contribution in [3.8, 4) is 5.75 Å². The second kappa shape index (κ2) is 13.3. The van der Waals surface area contributed by atoms with Gasteiger partial charge in [-0.05, 0) is 55.2 Å². The zero-order valence-corrected chi connectivity index (χ0v) is 22.4. The quantitative estimate of drug-likeness (QED) is 0.322. The summed E-state index contributed by atoms with van der Waals surface area (Å²) >= 11 is 12.6. The van der Waals surface area contributed by atoms with Gasteiger partial charge in [0.1, 0.15) is 11.8 Å². The number of nitrogens with zero attached hydrogens (tertiary/aromatic N) is 1. The van der Waals surface area contributed by atoms with Crippen molar-refractivity contribution < 1.29 is 14.3 Å². The molecule has 0 fully saturated rings. The predicted molar refractivity (Wildman–Crippen MR) is 146 cm³/mol. The van der Waals surface area contributed by atoms with Crippen molar-refractivity contribution in [3.63, 3.8) is 0 Å². The lowest BCUT2D eigenvalue weighted by Gasteiger charge is -2.32. The Morgan fingerprint density at radius 2 is 1.69 bits per heavy atom. The first-order valence-electron chi connectivity index (χ1n) is 12.0. The van der Waals surface area contributed by atoms with E-state index in [1.54, 1.807) is 23.1 Å². The molecule has 5 nitrogen and oxygen atoms in total. The maximum Gasteiger partial charge on any atom is 0.261 e. The van der Waals surface area contributed by atoms with Gasteiger partial charge in [0.15, 0.2) is 6.61 Å². The van der Waals surface area contributed by atoms with Crippen LogP contribution in [-0.4, -0.2) is 35.4 Å². The highest BCUT2D eigenvalue weighted by Crippen LogP contribution is 2.24. The molecule has 0 spiro atoms. The Morgan fingerprint density at radius 1 is 1.00 bits per heavy atom. The summed E-state index contributed by atoms with van der Waals surface area (Å²) in [6.45, 7) is 5.79. The summed E-state index contributed by atoms with van der Waals surface area (Å²) in [7, 11) is 0. The van der Waals surface area contributed by atoms with Gasteiger partial charge >= 0.3 is 0 Å². The summed E-state index contributed by atoms with van der Waals surface area (Å²) in [5.74, 6) is 0.0889. The van der Waals surface area contributed by atoms with Crippen molar-refractivity contribution in [2.24, 2.45) is 0 Å². The molecule has 0 aliphatic rings. The molecule has 3 rings (SSSR count). The van der Waals surface area contributed by atoms with Crippen LogP contribution in [0.5, 0.6) is 5.75 Å². The monoisotopic (exact) mass is 526 g/mol. The molecular weight excluding hydrogens is 495 g/mol. The number of hydrogen-bond acceptors (Lipinski definition) is 3. The first-order valence-corrected chi connectivity index (χ1v) is 12.8. The molecule has 2 atom stereocenters. The molecule has 36 heavy (non-hydrogen) atoms. The van der Waals surface area contributed by atoms with Crippen molar-refractivity contribution in [3.05, 3.63) is 99.5 Å². The summed E-state index contributed by atoms with van der Waals surface area (Å²) in [5, 5.41) is 3.98. The molecule has 2 amide bonds. The fraction of sp³-hybridized carbons (Fsp3) is 0.310. The Balaban J connectivity index is 1.95. The maximum atomic E-state index is 13.7. The van der Waals surface area contributed by atoms with Crippen LogP contribution in [-0.2, 0) is 22.6 Å². The number of ether oxygens (including phenoxy) is 1. The van der Waals surface area contributed by atoms with E-state index in [0.717, 1.165) is 17.5 Å². The number of para-hydroxylation sites is 1. The fourth-order valence-electron chi connectivity index (χ4n) is 3.77. The van der Waals surface area contributed by atoms with Gasteiger partial charge < -0.3 is 15.0 Å². The molecule has 0 bridgehead atoms. The van der Waals surface area contributed by atoms with E-state index >= 15 is 0 Å². The van der Waals surface area contributed by atoms with E-state index in [1.165, 1.54) is 0 Å². The third kappa shape index (κ3) is 7.74. The Bertz CT molecular complexity index is 1170. The fourth-order valence-corrected chi connectivity index (χ4v) is 4.24. The maximum absolute atomic E-state index is 13.7. The number of benzene rings is 3. The molecule has 0 aromatic heterocycles. The number of aryl methyl sites for hydroxylation is 1. The standard InChI is InChI=1S/C29H32Cl2N2O3/c1-4-21(3)32-29(35)26(16-22-11-6-5-7-12-22)33(18-23-14-15-24(30)17-25(23)31)28(34)19-36-27-13-9-8-10-20(27)2/h5-15,17,21,26H,4,16,18-19H2,1-3H3,(H,32,35)/t21-,26+/m0/s1. The van der Waals surface area contributed by atoms with E-state index in [1.807, 2.05) is 75.4 Å². The van der Waals surface area contributed by atoms with Crippen molar-refractivity contribution in [2.45, 2.75) is 52.2 Å². The molecule has 0 saturated heterocycles. The summed E-state index contributed by atoms with van der Waals surface area (Å²) in [6.07, 6.45) is 1.13. The minimum absolute atomic E-state index is 0.0323. The van der Waals surface area contributed by atoms with Crippen LogP contribution in [0.1, 0.15) is 37.0 Å². The largest absolute Gasteiger partial charge is 0.484 e. The van der Waals surface area contributed by atoms with E-state index in [0.29, 0.717) is 27.8 Å². The van der Waals surface area contributed by atoms with Crippen LogP contribution in [0.4, 0.5) is 0 Å². The van der Waals surface area contributed by atoms with E-state index in [4.69, 9.17) is 27.9 Å². The van der Waals surface area contributed by atoms with E-state index in [9.17, 15) is 9.59 Å². The number of nitrogens with one attached hydrogen (secondary N) is 1. The van der Waals surface area contributed by atoms with Crippen LogP contribution >= 0.6 is 23.2 Å². The minimum Gasteiger partial charge on any atom is -0.484 e. The van der Waals surface area contributed by atoms with Crippen molar-refractivity contribution in [2.75, 3.05) is 6.61 Å². The second-order valence-electron chi connectivity index (χ2n) is 8.83. The van der Waals surface area contributed by atoms with Crippen molar-refractivity contribution in [1.29, 1.82) is 0 Å². The van der Waals surface area contributed by atoms with Gasteiger partial charge in [-0.15, -0.1) is 0 Å². The first-order chi connectivity index (χ1) is 17.3. The van der Waals surface area contributed by atoms with Gasteiger partial charge in [-0.3, -0.25) is 9.59 Å². The van der Waals surface area contributed by atoms with Crippen molar-refractivity contribution >= 4 is 35.0 Å². The minimum atomic E-state index is -0.763. The van der Waals surface area contributed by atoms with E-state index < -0.39 is 6.04 Å². The molecule has 3 aromatic rings. The van der Waals surface area contributed by atoms with Crippen LogP contribution in [0, 0.1) is 6.92 Å². The van der Waals surface area contributed by atoms with Gasteiger partial charge in [-0.1, -0.05) is 84.7 Å². The zero-order chi connectivity index (χ0) is 26.1. The number of rotatable bonds is 11. The summed E-state index contributed by atoms with van der Waals surface area (Å²) in [4.78, 5) is 28.7. The zero-order valence-electron chi connectivity index (χ0n) is 20.8. The highest BCUT2D eigenvalue weighted by atomic mass is 35.5. The topological polar surface area (TPSA) is 58.6 Å². The average Bonchev–Trinajstić information content (AvgIpc) is 2.87. The lowest BCUT2D eigenvalue weighted by Crippen LogP contribution is -2.53. The summed E-state index contributed by atoms with van der Waals surface area (Å²) in [5.41, 5.74) is 2.56. The summed E-state index contributed by atoms with van der Waals surface area (Å²) < 4.78 is 5.87. The van der Waals surface area contributed by atoms with Gasteiger partial charge in [0.05, 0.1) is 0 Å². The third-order valence-electron chi connectivity index (χ3n) is 6.07. The van der Waals surface area contributed by atoms with Crippen molar-refractivity contribution in [1.82, 2.24) is 10.2 Å². The number of carbonyl (C=O) groups is 2. The molecule has 0 aliphatic carbocycles. The number of amides is 2. The van der Waals surface area contributed by atoms with Gasteiger partial charge in [0.2, 0.25) is 5.91 Å². The number of carbonyl (C=O) groups excluding carboxylic acids is 2. The van der Waals surface area contributed by atoms with Gasteiger partial charge in [0, 0.05) is 29.1 Å². The predicted octanol–water partition coefficient (Wildman–Crippen LogP) is 6.24. The molecule has 0 heterocycles. The molecule has 7 heteroatoms. The van der Waals surface area contributed by atoms with Gasteiger partial charge in [-0.2, -0.15) is 0 Å². The second-order valence-corrected chi connectivity index (χ2v) is 9.68. The van der Waals surface area contributed by atoms with E-state index in [2.05, 4.69) is 5.32 Å². The molecule has 190 valence electrons. The van der Waals surface area contributed by atoms with Gasteiger partial charge in [-0.25, -0.2) is 0 Å². The third-order valence-corrected chi connectivity index (χ3v) is 6.66. The molecule has 0 radical (unpaired) electrons. The SMILES string of the molecule is CC[C@H](C)NC(=O)[C@@H](Cc1ccccc1)N(Cc1ccc(Cl)cc1Cl)C(=O)COc1ccccc1C. The highest BCUT2D eigenvalue weighted by molar-refractivity contribution is 6.35. The lowest BCUT2D eigenvalue weighted by atomic mass is 10.0. The number of hydrogen-bond donors (Lipinski definition) is 1. The van der Waals surface area contributed by atoms with Crippen LogP contribution in [0.3, 0.4) is 0 Å². The van der Waals surface area contributed by atoms with Crippen LogP contribution in [0.2, 0.25) is 10.0 Å². The smallest absolute Gasteiger partial charge is 0.261 e. The Labute approximate surface area is 223 Å². The van der Waals surface area contributed by atoms with Crippen LogP contribution < -0.4 is 10.1 Å². The number of halogens is 2.